The topological polar surface area (TPSA) is 49.4 Å². The van der Waals surface area contributed by atoms with Crippen molar-refractivity contribution in [2.24, 2.45) is 0 Å². The maximum Gasteiger partial charge on any atom is 0.242 e. The van der Waals surface area contributed by atoms with Crippen molar-refractivity contribution in [2.75, 3.05) is 0 Å². The molecule has 0 bridgehead atoms. The lowest BCUT2D eigenvalue weighted by atomic mass is 10.0. The van der Waals surface area contributed by atoms with Gasteiger partial charge in [-0.2, -0.15) is 0 Å². The van der Waals surface area contributed by atoms with Crippen LogP contribution < -0.4 is 5.32 Å². The summed E-state index contributed by atoms with van der Waals surface area (Å²) < 4.78 is 0. The molecule has 2 amide bonds. The van der Waals surface area contributed by atoms with Gasteiger partial charge in [0.05, 0.1) is 6.42 Å². The number of hydrogen-bond donors (Lipinski definition) is 1. The van der Waals surface area contributed by atoms with E-state index in [1.807, 2.05) is 69.3 Å². The first-order valence-corrected chi connectivity index (χ1v) is 9.48. The highest BCUT2D eigenvalue weighted by atomic mass is 16.2. The van der Waals surface area contributed by atoms with Crippen molar-refractivity contribution in [1.29, 1.82) is 0 Å². The fourth-order valence-electron chi connectivity index (χ4n) is 2.96. The van der Waals surface area contributed by atoms with Crippen LogP contribution in [0.2, 0.25) is 0 Å². The van der Waals surface area contributed by atoms with Crippen molar-refractivity contribution in [3.63, 3.8) is 0 Å². The standard InChI is InChI=1S/C23H30N2O2/c1-16(2)24-23(27)19(5)25(15-20-9-7-6-8-10-20)22(26)14-21-12-11-17(3)18(4)13-21/h6-13,16,19H,14-15H2,1-5H3,(H,24,27). The Bertz CT molecular complexity index is 784. The minimum absolute atomic E-state index is 0.0355. The first kappa shape index (κ1) is 20.7. The van der Waals surface area contributed by atoms with Crippen molar-refractivity contribution in [3.8, 4) is 0 Å². The van der Waals surface area contributed by atoms with Gasteiger partial charge in [0.15, 0.2) is 0 Å². The number of nitrogens with zero attached hydrogens (tertiary/aromatic N) is 1. The fraction of sp³-hybridized carbons (Fsp3) is 0.391. The van der Waals surface area contributed by atoms with E-state index in [-0.39, 0.29) is 24.3 Å². The molecule has 0 radical (unpaired) electrons. The van der Waals surface area contributed by atoms with Crippen molar-refractivity contribution < 1.29 is 9.59 Å². The summed E-state index contributed by atoms with van der Waals surface area (Å²) in [5.74, 6) is -0.178. The summed E-state index contributed by atoms with van der Waals surface area (Å²) in [4.78, 5) is 27.3. The quantitative estimate of drug-likeness (QED) is 0.810. The van der Waals surface area contributed by atoms with E-state index in [4.69, 9.17) is 0 Å². The Hall–Kier alpha value is -2.62. The molecule has 0 aliphatic carbocycles. The maximum atomic E-state index is 13.1. The lowest BCUT2D eigenvalue weighted by molar-refractivity contribution is -0.140. The van der Waals surface area contributed by atoms with Crippen LogP contribution in [0.5, 0.6) is 0 Å². The van der Waals surface area contributed by atoms with Crippen molar-refractivity contribution in [1.82, 2.24) is 10.2 Å². The normalized spacial score (nSPS) is 11.9. The van der Waals surface area contributed by atoms with E-state index in [9.17, 15) is 9.59 Å². The van der Waals surface area contributed by atoms with E-state index in [1.165, 1.54) is 11.1 Å². The van der Waals surface area contributed by atoms with Gasteiger partial charge in [0.1, 0.15) is 6.04 Å². The first-order valence-electron chi connectivity index (χ1n) is 9.48. The van der Waals surface area contributed by atoms with Gasteiger partial charge in [0.2, 0.25) is 11.8 Å². The zero-order chi connectivity index (χ0) is 20.0. The van der Waals surface area contributed by atoms with E-state index in [1.54, 1.807) is 11.8 Å². The molecule has 0 aliphatic rings. The molecule has 0 saturated heterocycles. The van der Waals surface area contributed by atoms with Crippen LogP contribution in [-0.4, -0.2) is 28.8 Å². The van der Waals surface area contributed by atoms with E-state index >= 15 is 0 Å². The summed E-state index contributed by atoms with van der Waals surface area (Å²) in [7, 11) is 0. The summed E-state index contributed by atoms with van der Waals surface area (Å²) >= 11 is 0. The lowest BCUT2D eigenvalue weighted by Gasteiger charge is -2.29. The Balaban J connectivity index is 2.22. The summed E-state index contributed by atoms with van der Waals surface area (Å²) in [5, 5.41) is 2.91. The molecule has 0 spiro atoms. The molecular weight excluding hydrogens is 336 g/mol. The highest BCUT2D eigenvalue weighted by Crippen LogP contribution is 2.15. The van der Waals surface area contributed by atoms with Gasteiger partial charge in [-0.1, -0.05) is 48.5 Å². The molecule has 4 nitrogen and oxygen atoms in total. The molecular formula is C23H30N2O2. The van der Waals surface area contributed by atoms with Crippen LogP contribution in [0.15, 0.2) is 48.5 Å². The highest BCUT2D eigenvalue weighted by molar-refractivity contribution is 5.88. The number of carbonyl (C=O) groups excluding carboxylic acids is 2. The first-order chi connectivity index (χ1) is 12.8. The Morgan fingerprint density at radius 3 is 2.19 bits per heavy atom. The number of amides is 2. The molecule has 1 atom stereocenters. The summed E-state index contributed by atoms with van der Waals surface area (Å²) in [6.45, 7) is 10.1. The van der Waals surface area contributed by atoms with Crippen LogP contribution in [0.1, 0.15) is 43.0 Å². The van der Waals surface area contributed by atoms with E-state index < -0.39 is 6.04 Å². The van der Waals surface area contributed by atoms with Crippen molar-refractivity contribution in [3.05, 3.63) is 70.8 Å². The van der Waals surface area contributed by atoms with Crippen LogP contribution in [0.4, 0.5) is 0 Å². The van der Waals surface area contributed by atoms with E-state index in [2.05, 4.69) is 12.2 Å². The Labute approximate surface area is 162 Å². The second kappa shape index (κ2) is 9.36. The summed E-state index contributed by atoms with van der Waals surface area (Å²) in [6.07, 6.45) is 0.285. The molecule has 2 aromatic rings. The summed E-state index contributed by atoms with van der Waals surface area (Å²) in [6, 6.07) is 15.4. The third kappa shape index (κ3) is 5.95. The molecule has 1 unspecified atom stereocenters. The van der Waals surface area contributed by atoms with Crippen LogP contribution in [0.3, 0.4) is 0 Å². The number of nitrogens with one attached hydrogen (secondary N) is 1. The Kier molecular flexibility index (Phi) is 7.17. The number of aryl methyl sites for hydroxylation is 2. The molecule has 0 aromatic heterocycles. The van der Waals surface area contributed by atoms with Gasteiger partial charge in [0, 0.05) is 12.6 Å². The molecule has 0 aliphatic heterocycles. The average Bonchev–Trinajstić information content (AvgIpc) is 2.62. The van der Waals surface area contributed by atoms with Crippen molar-refractivity contribution >= 4 is 11.8 Å². The van der Waals surface area contributed by atoms with Gasteiger partial charge in [-0.05, 0) is 56.9 Å². The molecule has 2 aromatic carbocycles. The minimum Gasteiger partial charge on any atom is -0.352 e. The van der Waals surface area contributed by atoms with Gasteiger partial charge in [-0.25, -0.2) is 0 Å². The second-order valence-corrected chi connectivity index (χ2v) is 7.44. The Morgan fingerprint density at radius 2 is 1.59 bits per heavy atom. The third-order valence-corrected chi connectivity index (χ3v) is 4.72. The molecule has 0 saturated carbocycles. The second-order valence-electron chi connectivity index (χ2n) is 7.44. The van der Waals surface area contributed by atoms with Crippen LogP contribution in [0, 0.1) is 13.8 Å². The molecule has 4 heteroatoms. The smallest absolute Gasteiger partial charge is 0.242 e. The lowest BCUT2D eigenvalue weighted by Crippen LogP contribution is -2.49. The zero-order valence-electron chi connectivity index (χ0n) is 17.0. The molecule has 144 valence electrons. The maximum absolute atomic E-state index is 13.1. The van der Waals surface area contributed by atoms with E-state index in [0.29, 0.717) is 6.54 Å². The molecule has 27 heavy (non-hydrogen) atoms. The van der Waals surface area contributed by atoms with Crippen molar-refractivity contribution in [2.45, 2.75) is 59.7 Å². The third-order valence-electron chi connectivity index (χ3n) is 4.72. The van der Waals surface area contributed by atoms with Gasteiger partial charge in [0.25, 0.3) is 0 Å². The summed E-state index contributed by atoms with van der Waals surface area (Å²) in [5.41, 5.74) is 4.35. The zero-order valence-corrected chi connectivity index (χ0v) is 17.0. The number of benzene rings is 2. The molecule has 0 fully saturated rings. The van der Waals surface area contributed by atoms with Crippen LogP contribution >= 0.6 is 0 Å². The minimum atomic E-state index is -0.536. The monoisotopic (exact) mass is 366 g/mol. The predicted octanol–water partition coefficient (Wildman–Crippen LogP) is 3.79. The van der Waals surface area contributed by atoms with Gasteiger partial charge in [-0.3, -0.25) is 9.59 Å². The predicted molar refractivity (Wildman–Crippen MR) is 109 cm³/mol. The number of rotatable bonds is 7. The van der Waals surface area contributed by atoms with Crippen LogP contribution in [-0.2, 0) is 22.6 Å². The Morgan fingerprint density at radius 1 is 0.926 bits per heavy atom. The number of carbonyl (C=O) groups is 2. The van der Waals surface area contributed by atoms with Gasteiger partial charge >= 0.3 is 0 Å². The van der Waals surface area contributed by atoms with Gasteiger partial charge in [-0.15, -0.1) is 0 Å². The number of hydrogen-bond acceptors (Lipinski definition) is 2. The molecule has 0 heterocycles. The SMILES string of the molecule is Cc1ccc(CC(=O)N(Cc2ccccc2)C(C)C(=O)NC(C)C)cc1C. The molecule has 1 N–H and O–H groups in total. The largest absolute Gasteiger partial charge is 0.352 e. The fourth-order valence-corrected chi connectivity index (χ4v) is 2.96. The average molecular weight is 367 g/mol. The highest BCUT2D eigenvalue weighted by Gasteiger charge is 2.26. The molecule has 2 rings (SSSR count). The van der Waals surface area contributed by atoms with E-state index in [0.717, 1.165) is 11.1 Å². The van der Waals surface area contributed by atoms with Crippen LogP contribution in [0.25, 0.3) is 0 Å². The van der Waals surface area contributed by atoms with Gasteiger partial charge < -0.3 is 10.2 Å².